The lowest BCUT2D eigenvalue weighted by Gasteiger charge is -2.16. The Balaban J connectivity index is 2.14. The Morgan fingerprint density at radius 3 is 2.75 bits per heavy atom. The Morgan fingerprint density at radius 2 is 2.25 bits per heavy atom. The number of ether oxygens (including phenoxy) is 1. The average molecular weight is 284 g/mol. The summed E-state index contributed by atoms with van der Waals surface area (Å²) in [5.41, 5.74) is -0.195. The van der Waals surface area contributed by atoms with Crippen molar-refractivity contribution < 1.29 is 19.2 Å². The van der Waals surface area contributed by atoms with Gasteiger partial charge in [0.05, 0.1) is 23.8 Å². The highest BCUT2D eigenvalue weighted by molar-refractivity contribution is 5.59. The number of nitro groups is 1. The van der Waals surface area contributed by atoms with Gasteiger partial charge in [-0.2, -0.15) is 0 Å². The van der Waals surface area contributed by atoms with Crippen LogP contribution in [0.3, 0.4) is 0 Å². The van der Waals surface area contributed by atoms with Crippen molar-refractivity contribution in [3.05, 3.63) is 28.1 Å². The number of aliphatic hydroxyl groups excluding tert-OH is 1. The Bertz CT molecular complexity index is 517. The number of benzene rings is 1. The van der Waals surface area contributed by atoms with Gasteiger partial charge in [-0.15, -0.1) is 0 Å². The zero-order chi connectivity index (χ0) is 14.8. The van der Waals surface area contributed by atoms with Crippen molar-refractivity contribution in [3.63, 3.8) is 0 Å². The van der Waals surface area contributed by atoms with E-state index in [1.54, 1.807) is 0 Å². The number of aliphatic hydroxyl groups is 1. The maximum absolute atomic E-state index is 13.8. The average Bonchev–Trinajstić information content (AvgIpc) is 3.17. The molecule has 1 aromatic rings. The molecule has 0 atom stereocenters. The van der Waals surface area contributed by atoms with Gasteiger partial charge in [-0.05, 0) is 24.7 Å². The molecule has 2 N–H and O–H groups in total. The molecule has 0 saturated heterocycles. The zero-order valence-electron chi connectivity index (χ0n) is 11.2. The van der Waals surface area contributed by atoms with Crippen LogP contribution < -0.4 is 10.1 Å². The number of nitro benzene ring substituents is 1. The highest BCUT2D eigenvalue weighted by Crippen LogP contribution is 2.48. The summed E-state index contributed by atoms with van der Waals surface area (Å²) in [6.07, 6.45) is 2.66. The van der Waals surface area contributed by atoms with Crippen LogP contribution in [-0.2, 0) is 0 Å². The first-order valence-corrected chi connectivity index (χ1v) is 6.38. The Morgan fingerprint density at radius 1 is 1.55 bits per heavy atom. The smallest absolute Gasteiger partial charge is 0.313 e. The van der Waals surface area contributed by atoms with Crippen LogP contribution in [0, 0.1) is 21.3 Å². The molecular weight excluding hydrogens is 267 g/mol. The van der Waals surface area contributed by atoms with E-state index in [2.05, 4.69) is 5.32 Å². The van der Waals surface area contributed by atoms with Crippen molar-refractivity contribution >= 4 is 11.4 Å². The predicted octanol–water partition coefficient (Wildman–Crippen LogP) is 2.32. The summed E-state index contributed by atoms with van der Waals surface area (Å²) in [4.78, 5) is 10.1. The van der Waals surface area contributed by atoms with Gasteiger partial charge in [0.25, 0.3) is 0 Å². The van der Waals surface area contributed by atoms with Gasteiger partial charge in [0.2, 0.25) is 0 Å². The Hall–Kier alpha value is -1.89. The Labute approximate surface area is 115 Å². The largest absolute Gasteiger partial charge is 0.490 e. The van der Waals surface area contributed by atoms with E-state index in [0.29, 0.717) is 13.0 Å². The van der Waals surface area contributed by atoms with Crippen molar-refractivity contribution in [1.29, 1.82) is 0 Å². The molecule has 0 aromatic heterocycles. The number of hydrogen-bond acceptors (Lipinski definition) is 5. The molecule has 0 unspecified atom stereocenters. The summed E-state index contributed by atoms with van der Waals surface area (Å²) in [7, 11) is 1.30. The van der Waals surface area contributed by atoms with Crippen LogP contribution in [0.1, 0.15) is 19.3 Å². The molecule has 20 heavy (non-hydrogen) atoms. The van der Waals surface area contributed by atoms with Crippen molar-refractivity contribution in [2.75, 3.05) is 25.6 Å². The van der Waals surface area contributed by atoms with Gasteiger partial charge in [-0.25, -0.2) is 4.39 Å². The van der Waals surface area contributed by atoms with Gasteiger partial charge in [0.1, 0.15) is 0 Å². The number of nitrogens with zero attached hydrogens (tertiary/aromatic N) is 1. The van der Waals surface area contributed by atoms with Crippen LogP contribution in [-0.4, -0.2) is 30.3 Å². The maximum Gasteiger partial charge on any atom is 0.313 e. The highest BCUT2D eigenvalue weighted by atomic mass is 19.1. The summed E-state index contributed by atoms with van der Waals surface area (Å²) in [6, 6.07) is 2.15. The number of methoxy groups -OCH3 is 1. The van der Waals surface area contributed by atoms with Gasteiger partial charge in [0, 0.05) is 19.2 Å². The third-order valence-electron chi connectivity index (χ3n) is 3.72. The lowest BCUT2D eigenvalue weighted by molar-refractivity contribution is -0.385. The molecule has 1 aliphatic rings. The van der Waals surface area contributed by atoms with Crippen molar-refractivity contribution in [1.82, 2.24) is 0 Å². The minimum atomic E-state index is -0.683. The minimum absolute atomic E-state index is 0.0194. The molecule has 110 valence electrons. The molecule has 1 aliphatic carbocycles. The van der Waals surface area contributed by atoms with Crippen LogP contribution in [0.2, 0.25) is 0 Å². The molecule has 6 nitrogen and oxygen atoms in total. The van der Waals surface area contributed by atoms with E-state index in [9.17, 15) is 14.5 Å². The first kappa shape index (κ1) is 14.5. The number of rotatable bonds is 7. The van der Waals surface area contributed by atoms with E-state index < -0.39 is 16.4 Å². The molecule has 0 spiro atoms. The second-order valence-electron chi connectivity index (χ2n) is 5.09. The van der Waals surface area contributed by atoms with Crippen molar-refractivity contribution in [2.45, 2.75) is 19.3 Å². The molecule has 0 radical (unpaired) electrons. The maximum atomic E-state index is 13.8. The fourth-order valence-corrected chi connectivity index (χ4v) is 2.20. The van der Waals surface area contributed by atoms with E-state index >= 15 is 0 Å². The summed E-state index contributed by atoms with van der Waals surface area (Å²) in [5, 5.41) is 22.7. The topological polar surface area (TPSA) is 84.6 Å². The second-order valence-corrected chi connectivity index (χ2v) is 5.09. The molecular formula is C13H17FN2O4. The molecule has 7 heteroatoms. The Kier molecular flexibility index (Phi) is 4.08. The van der Waals surface area contributed by atoms with E-state index in [4.69, 9.17) is 9.84 Å². The quantitative estimate of drug-likeness (QED) is 0.593. The lowest BCUT2D eigenvalue weighted by atomic mass is 10.0. The highest BCUT2D eigenvalue weighted by Gasteiger charge is 2.41. The van der Waals surface area contributed by atoms with Crippen molar-refractivity contribution in [2.24, 2.45) is 5.41 Å². The molecule has 0 bridgehead atoms. The molecule has 0 aliphatic heterocycles. The third kappa shape index (κ3) is 2.98. The van der Waals surface area contributed by atoms with Crippen LogP contribution in [0.4, 0.5) is 15.8 Å². The lowest BCUT2D eigenvalue weighted by Crippen LogP contribution is -2.17. The van der Waals surface area contributed by atoms with Crippen LogP contribution >= 0.6 is 0 Å². The SMILES string of the molecule is COc1cc(NCC2(CCO)CC2)c(F)cc1[N+](=O)[O-]. The molecule has 1 saturated carbocycles. The van der Waals surface area contributed by atoms with Crippen LogP contribution in [0.25, 0.3) is 0 Å². The first-order chi connectivity index (χ1) is 9.51. The third-order valence-corrected chi connectivity index (χ3v) is 3.72. The van der Waals surface area contributed by atoms with Gasteiger partial charge in [-0.3, -0.25) is 10.1 Å². The van der Waals surface area contributed by atoms with Gasteiger partial charge in [-0.1, -0.05) is 0 Å². The van der Waals surface area contributed by atoms with E-state index in [-0.39, 0.29) is 23.5 Å². The fourth-order valence-electron chi connectivity index (χ4n) is 2.20. The number of nitrogens with one attached hydrogen (secondary N) is 1. The molecule has 1 fully saturated rings. The monoisotopic (exact) mass is 284 g/mol. The van der Waals surface area contributed by atoms with Crippen LogP contribution in [0.15, 0.2) is 12.1 Å². The minimum Gasteiger partial charge on any atom is -0.490 e. The molecule has 0 amide bonds. The standard InChI is InChI=1S/C13H17FN2O4/c1-20-12-7-10(9(14)6-11(12)16(18)19)15-8-13(2-3-13)4-5-17/h6-7,15,17H,2-5,8H2,1H3. The molecule has 1 aromatic carbocycles. The molecule has 2 rings (SSSR count). The summed E-state index contributed by atoms with van der Waals surface area (Å²) < 4.78 is 18.7. The summed E-state index contributed by atoms with van der Waals surface area (Å²) >= 11 is 0. The van der Waals surface area contributed by atoms with E-state index in [0.717, 1.165) is 18.9 Å². The normalized spacial score (nSPS) is 15.8. The van der Waals surface area contributed by atoms with Crippen LogP contribution in [0.5, 0.6) is 5.75 Å². The summed E-state index contributed by atoms with van der Waals surface area (Å²) in [6.45, 7) is 0.638. The number of hydrogen-bond donors (Lipinski definition) is 2. The zero-order valence-corrected chi connectivity index (χ0v) is 11.2. The first-order valence-electron chi connectivity index (χ1n) is 6.38. The van der Waals surface area contributed by atoms with E-state index in [1.165, 1.54) is 13.2 Å². The van der Waals surface area contributed by atoms with Gasteiger partial charge >= 0.3 is 5.69 Å². The van der Waals surface area contributed by atoms with Gasteiger partial charge in [0.15, 0.2) is 11.6 Å². The molecule has 0 heterocycles. The summed E-state index contributed by atoms with van der Waals surface area (Å²) in [5.74, 6) is -0.664. The second kappa shape index (κ2) is 5.62. The number of halogens is 1. The van der Waals surface area contributed by atoms with Gasteiger partial charge < -0.3 is 15.2 Å². The fraction of sp³-hybridized carbons (Fsp3) is 0.538. The van der Waals surface area contributed by atoms with E-state index in [1.807, 2.05) is 0 Å². The van der Waals surface area contributed by atoms with Crippen molar-refractivity contribution in [3.8, 4) is 5.75 Å². The predicted molar refractivity (Wildman–Crippen MR) is 71.5 cm³/mol. The number of anilines is 1.